The Hall–Kier alpha value is -3.37. The van der Waals surface area contributed by atoms with Crippen LogP contribution in [0.15, 0.2) is 56.2 Å². The van der Waals surface area contributed by atoms with Crippen molar-refractivity contribution in [3.63, 3.8) is 0 Å². The molecule has 188 valence electrons. The number of thiol groups is 1. The van der Waals surface area contributed by atoms with Crippen LogP contribution in [0.1, 0.15) is 16.8 Å². The molecule has 1 aliphatic heterocycles. The first-order valence-electron chi connectivity index (χ1n) is 10.9. The van der Waals surface area contributed by atoms with Gasteiger partial charge in [-0.25, -0.2) is 4.79 Å². The normalized spacial score (nSPS) is 17.5. The third-order valence-corrected chi connectivity index (χ3v) is 5.65. The molecule has 1 unspecified atom stereocenters. The molecule has 0 bridgehead atoms. The third kappa shape index (κ3) is 7.30. The van der Waals surface area contributed by atoms with E-state index in [1.54, 1.807) is 13.1 Å². The number of anilines is 1. The molecule has 1 aromatic carbocycles. The van der Waals surface area contributed by atoms with E-state index in [2.05, 4.69) is 37.7 Å². The van der Waals surface area contributed by atoms with Gasteiger partial charge in [0, 0.05) is 13.6 Å². The van der Waals surface area contributed by atoms with E-state index in [4.69, 9.17) is 14.2 Å². The number of esters is 2. The van der Waals surface area contributed by atoms with Crippen LogP contribution >= 0.6 is 12.6 Å². The van der Waals surface area contributed by atoms with Gasteiger partial charge in [-0.1, -0.05) is 38.0 Å². The van der Waals surface area contributed by atoms with Crippen LogP contribution in [0.4, 0.5) is 5.69 Å². The highest BCUT2D eigenvalue weighted by atomic mass is 32.1. The van der Waals surface area contributed by atoms with E-state index in [1.165, 1.54) is 35.3 Å². The summed E-state index contributed by atoms with van der Waals surface area (Å²) >= 11 is 3.85. The number of nitrogens with zero attached hydrogens (tertiary/aromatic N) is 1. The Morgan fingerprint density at radius 1 is 1.11 bits per heavy atom. The summed E-state index contributed by atoms with van der Waals surface area (Å²) in [6.45, 7) is 11.1. The molecule has 10 heteroatoms. The van der Waals surface area contributed by atoms with Crippen molar-refractivity contribution in [2.45, 2.75) is 12.5 Å². The molecule has 35 heavy (non-hydrogen) atoms. The standard InChI is InChI=1S/C25H30N2O7S/c1-5-10-32-20-14-16(23(29)33-11-6-2)8-9-19(20)27(4)22(28)18-13-17(15-26-18)21(25(31)35)24(30)34-12-7-3/h5-9,14,17-18,21,26H,1-3,10-13,15H2,4H3,(H,31,35)/t17-,18?,21+/m1/s1. The Labute approximate surface area is 210 Å². The molecule has 1 amide bonds. The number of ether oxygens (including phenoxy) is 3. The van der Waals surface area contributed by atoms with Gasteiger partial charge < -0.3 is 24.4 Å². The number of amides is 1. The highest BCUT2D eigenvalue weighted by molar-refractivity contribution is 7.96. The monoisotopic (exact) mass is 502 g/mol. The first-order chi connectivity index (χ1) is 16.7. The van der Waals surface area contributed by atoms with Crippen molar-refractivity contribution in [3.8, 4) is 5.75 Å². The van der Waals surface area contributed by atoms with Gasteiger partial charge in [-0.3, -0.25) is 14.4 Å². The molecule has 0 aromatic heterocycles. The molecule has 0 radical (unpaired) electrons. The van der Waals surface area contributed by atoms with Crippen LogP contribution in [-0.4, -0.2) is 62.4 Å². The molecule has 0 saturated carbocycles. The van der Waals surface area contributed by atoms with E-state index in [1.807, 2.05) is 0 Å². The van der Waals surface area contributed by atoms with E-state index in [9.17, 15) is 19.2 Å². The van der Waals surface area contributed by atoms with Crippen LogP contribution in [-0.2, 0) is 23.9 Å². The molecule has 9 nitrogen and oxygen atoms in total. The van der Waals surface area contributed by atoms with Crippen molar-refractivity contribution in [2.75, 3.05) is 38.3 Å². The zero-order chi connectivity index (χ0) is 26.0. The first-order valence-corrected chi connectivity index (χ1v) is 11.4. The minimum atomic E-state index is -1.10. The van der Waals surface area contributed by atoms with E-state index in [0.717, 1.165) is 0 Å². The lowest BCUT2D eigenvalue weighted by Gasteiger charge is -2.24. The quantitative estimate of drug-likeness (QED) is 0.183. The zero-order valence-corrected chi connectivity index (χ0v) is 20.5. The number of nitrogens with one attached hydrogen (secondary N) is 1. The molecular weight excluding hydrogens is 472 g/mol. The fraction of sp³-hybridized carbons (Fsp3) is 0.360. The van der Waals surface area contributed by atoms with Crippen LogP contribution < -0.4 is 15.0 Å². The topological polar surface area (TPSA) is 111 Å². The fourth-order valence-electron chi connectivity index (χ4n) is 3.68. The molecule has 1 fully saturated rings. The van der Waals surface area contributed by atoms with E-state index in [0.29, 0.717) is 11.4 Å². The van der Waals surface area contributed by atoms with Crippen LogP contribution in [0.5, 0.6) is 5.75 Å². The summed E-state index contributed by atoms with van der Waals surface area (Å²) < 4.78 is 15.8. The fourth-order valence-corrected chi connectivity index (χ4v) is 4.00. The summed E-state index contributed by atoms with van der Waals surface area (Å²) in [7, 11) is 1.57. The SMILES string of the molecule is C=CCOC(=O)c1ccc(N(C)C(=O)C2C[C@@H]([C@H](C(=O)S)C(=O)OCC=C)CN2)c(OCC=C)c1. The second kappa shape index (κ2) is 13.5. The summed E-state index contributed by atoms with van der Waals surface area (Å²) in [4.78, 5) is 51.2. The van der Waals surface area contributed by atoms with Gasteiger partial charge in [0.15, 0.2) is 5.12 Å². The van der Waals surface area contributed by atoms with Gasteiger partial charge >= 0.3 is 11.9 Å². The molecular formula is C25H30N2O7S. The largest absolute Gasteiger partial charge is 0.487 e. The van der Waals surface area contributed by atoms with Crippen molar-refractivity contribution >= 4 is 41.3 Å². The minimum Gasteiger partial charge on any atom is -0.487 e. The van der Waals surface area contributed by atoms with Crippen LogP contribution in [0.2, 0.25) is 0 Å². The summed E-state index contributed by atoms with van der Waals surface area (Å²) in [6.07, 6.45) is 4.64. The number of likely N-dealkylation sites (N-methyl/N-ethyl adjacent to an activating group) is 1. The molecule has 1 N–H and O–H groups in total. The van der Waals surface area contributed by atoms with E-state index >= 15 is 0 Å². The number of hydrogen-bond acceptors (Lipinski definition) is 8. The van der Waals surface area contributed by atoms with Gasteiger partial charge in [-0.05, 0) is 30.5 Å². The van der Waals surface area contributed by atoms with Gasteiger partial charge in [-0.2, -0.15) is 0 Å². The molecule has 1 saturated heterocycles. The highest BCUT2D eigenvalue weighted by Crippen LogP contribution is 2.32. The Bertz CT molecular complexity index is 994. The van der Waals surface area contributed by atoms with Crippen molar-refractivity contribution < 1.29 is 33.4 Å². The number of hydrogen-bond donors (Lipinski definition) is 2. The molecule has 1 aromatic rings. The van der Waals surface area contributed by atoms with Crippen LogP contribution in [0.3, 0.4) is 0 Å². The smallest absolute Gasteiger partial charge is 0.338 e. The number of carbonyl (C=O) groups excluding carboxylic acids is 4. The maximum absolute atomic E-state index is 13.3. The molecule has 1 aliphatic rings. The summed E-state index contributed by atoms with van der Waals surface area (Å²) in [6, 6.07) is 3.95. The molecule has 0 aliphatic carbocycles. The lowest BCUT2D eigenvalue weighted by molar-refractivity contribution is -0.151. The van der Waals surface area contributed by atoms with Gasteiger partial charge in [0.2, 0.25) is 5.91 Å². The first kappa shape index (κ1) is 27.9. The predicted molar refractivity (Wildman–Crippen MR) is 135 cm³/mol. The molecule has 3 atom stereocenters. The van der Waals surface area contributed by atoms with Gasteiger partial charge in [0.05, 0.1) is 17.3 Å². The van der Waals surface area contributed by atoms with Crippen molar-refractivity contribution in [3.05, 3.63) is 61.7 Å². The summed E-state index contributed by atoms with van der Waals surface area (Å²) in [5.41, 5.74) is 0.678. The lowest BCUT2D eigenvalue weighted by atomic mass is 9.90. The second-order valence-corrected chi connectivity index (χ2v) is 8.20. The van der Waals surface area contributed by atoms with Gasteiger partial charge in [-0.15, -0.1) is 12.6 Å². The Balaban J connectivity index is 2.20. The predicted octanol–water partition coefficient (Wildman–Crippen LogP) is 2.34. The average molecular weight is 503 g/mol. The van der Waals surface area contributed by atoms with Gasteiger partial charge in [0.1, 0.15) is 31.5 Å². The van der Waals surface area contributed by atoms with Crippen molar-refractivity contribution in [1.82, 2.24) is 5.32 Å². The number of rotatable bonds is 13. The molecule has 1 heterocycles. The third-order valence-electron chi connectivity index (χ3n) is 5.37. The van der Waals surface area contributed by atoms with Crippen molar-refractivity contribution in [2.24, 2.45) is 11.8 Å². The second-order valence-electron chi connectivity index (χ2n) is 7.76. The molecule has 0 spiro atoms. The Morgan fingerprint density at radius 2 is 1.77 bits per heavy atom. The zero-order valence-electron chi connectivity index (χ0n) is 19.6. The van der Waals surface area contributed by atoms with Crippen LogP contribution in [0.25, 0.3) is 0 Å². The van der Waals surface area contributed by atoms with Crippen molar-refractivity contribution in [1.29, 1.82) is 0 Å². The summed E-state index contributed by atoms with van der Waals surface area (Å²) in [5.74, 6) is -2.82. The van der Waals surface area contributed by atoms with Gasteiger partial charge in [0.25, 0.3) is 0 Å². The van der Waals surface area contributed by atoms with Crippen LogP contribution in [0, 0.1) is 11.8 Å². The molecule has 2 rings (SSSR count). The maximum Gasteiger partial charge on any atom is 0.338 e. The lowest BCUT2D eigenvalue weighted by Crippen LogP contribution is -2.41. The van der Waals surface area contributed by atoms with E-state index in [-0.39, 0.29) is 44.3 Å². The average Bonchev–Trinajstić information content (AvgIpc) is 3.32. The highest BCUT2D eigenvalue weighted by Gasteiger charge is 2.42. The van der Waals surface area contributed by atoms with E-state index < -0.39 is 34.9 Å². The number of carbonyl (C=O) groups is 4. The Kier molecular flexibility index (Phi) is 10.8. The maximum atomic E-state index is 13.3. The summed E-state index contributed by atoms with van der Waals surface area (Å²) in [5, 5.41) is 2.45. The minimum absolute atomic E-state index is 0.0216. The Morgan fingerprint density at radius 3 is 2.40 bits per heavy atom. The number of benzene rings is 1.